The van der Waals surface area contributed by atoms with Crippen molar-refractivity contribution >= 4 is 28.3 Å². The maximum Gasteiger partial charge on any atom is 0.262 e. The van der Waals surface area contributed by atoms with Gasteiger partial charge in [-0.2, -0.15) is 5.10 Å². The number of para-hydroxylation sites is 2. The SMILES string of the molecule is O=C(CNc1ccccc1)N1N=C(c2cc3ccccc3o2)CC1c1ccco1. The minimum atomic E-state index is -0.293. The van der Waals surface area contributed by atoms with Crippen LogP contribution in [0.2, 0.25) is 0 Å². The molecule has 1 atom stereocenters. The minimum Gasteiger partial charge on any atom is -0.467 e. The van der Waals surface area contributed by atoms with Crippen LogP contribution in [0.15, 0.2) is 93.0 Å². The van der Waals surface area contributed by atoms with Gasteiger partial charge in [-0.3, -0.25) is 4.79 Å². The van der Waals surface area contributed by atoms with Crippen LogP contribution in [0.4, 0.5) is 5.69 Å². The third kappa shape index (κ3) is 3.40. The fraction of sp³-hybridized carbons (Fsp3) is 0.130. The normalized spacial score (nSPS) is 16.2. The number of hydrazone groups is 1. The van der Waals surface area contributed by atoms with Gasteiger partial charge < -0.3 is 14.2 Å². The summed E-state index contributed by atoms with van der Waals surface area (Å²) in [6, 6.07) is 22.8. The van der Waals surface area contributed by atoms with Crippen molar-refractivity contribution in [1.82, 2.24) is 5.01 Å². The van der Waals surface area contributed by atoms with E-state index in [9.17, 15) is 4.79 Å². The number of carbonyl (C=O) groups is 1. The average molecular weight is 385 g/mol. The first-order valence-electron chi connectivity index (χ1n) is 9.49. The van der Waals surface area contributed by atoms with Crippen LogP contribution in [0.5, 0.6) is 0 Å². The van der Waals surface area contributed by atoms with Gasteiger partial charge in [-0.1, -0.05) is 36.4 Å². The van der Waals surface area contributed by atoms with Crippen LogP contribution in [-0.2, 0) is 4.79 Å². The van der Waals surface area contributed by atoms with Crippen molar-refractivity contribution in [2.45, 2.75) is 12.5 Å². The molecule has 2 aromatic heterocycles. The standard InChI is InChI=1S/C23H19N3O3/c27-23(15-24-17-8-2-1-3-9-17)26-19(21-11-6-12-28-21)14-18(25-26)22-13-16-7-4-5-10-20(16)29-22/h1-13,19,24H,14-15H2. The second-order valence-electron chi connectivity index (χ2n) is 6.89. The summed E-state index contributed by atoms with van der Waals surface area (Å²) in [4.78, 5) is 13.0. The van der Waals surface area contributed by atoms with Crippen molar-refractivity contribution in [2.24, 2.45) is 5.10 Å². The number of nitrogens with one attached hydrogen (secondary N) is 1. The van der Waals surface area contributed by atoms with Gasteiger partial charge in [0.25, 0.3) is 5.91 Å². The van der Waals surface area contributed by atoms with Gasteiger partial charge in [-0.05, 0) is 36.4 Å². The summed E-state index contributed by atoms with van der Waals surface area (Å²) in [5.41, 5.74) is 2.42. The molecule has 0 bridgehead atoms. The number of anilines is 1. The van der Waals surface area contributed by atoms with E-state index in [1.807, 2.05) is 72.8 Å². The summed E-state index contributed by atoms with van der Waals surface area (Å²) in [6.07, 6.45) is 2.14. The Labute approximate surface area is 167 Å². The number of amides is 1. The molecule has 1 amide bonds. The Bertz CT molecular complexity index is 1130. The highest BCUT2D eigenvalue weighted by atomic mass is 16.3. The van der Waals surface area contributed by atoms with E-state index in [4.69, 9.17) is 8.83 Å². The molecule has 144 valence electrons. The van der Waals surface area contributed by atoms with E-state index in [1.165, 1.54) is 5.01 Å². The third-order valence-electron chi connectivity index (χ3n) is 4.96. The minimum absolute atomic E-state index is 0.137. The summed E-state index contributed by atoms with van der Waals surface area (Å²) in [7, 11) is 0. The van der Waals surface area contributed by atoms with E-state index in [0.717, 1.165) is 22.4 Å². The lowest BCUT2D eigenvalue weighted by Crippen LogP contribution is -2.32. The zero-order valence-electron chi connectivity index (χ0n) is 15.6. The smallest absolute Gasteiger partial charge is 0.262 e. The highest BCUT2D eigenvalue weighted by Crippen LogP contribution is 2.34. The molecule has 1 N–H and O–H groups in total. The molecular weight excluding hydrogens is 366 g/mol. The Morgan fingerprint density at radius 2 is 1.90 bits per heavy atom. The number of furan rings is 2. The predicted molar refractivity (Wildman–Crippen MR) is 111 cm³/mol. The van der Waals surface area contributed by atoms with Gasteiger partial charge in [-0.25, -0.2) is 5.01 Å². The van der Waals surface area contributed by atoms with E-state index < -0.39 is 0 Å². The first kappa shape index (κ1) is 17.3. The first-order chi connectivity index (χ1) is 14.3. The quantitative estimate of drug-likeness (QED) is 0.535. The summed E-state index contributed by atoms with van der Waals surface area (Å²) in [5, 5.41) is 10.3. The number of benzene rings is 2. The molecule has 0 spiro atoms. The van der Waals surface area contributed by atoms with E-state index in [0.29, 0.717) is 17.9 Å². The third-order valence-corrected chi connectivity index (χ3v) is 4.96. The maximum atomic E-state index is 13.0. The molecule has 4 aromatic rings. The molecular formula is C23H19N3O3. The fourth-order valence-electron chi connectivity index (χ4n) is 3.53. The van der Waals surface area contributed by atoms with Crippen LogP contribution in [0.3, 0.4) is 0 Å². The van der Waals surface area contributed by atoms with Crippen LogP contribution in [0.1, 0.15) is 24.0 Å². The molecule has 29 heavy (non-hydrogen) atoms. The molecule has 2 aromatic carbocycles. The van der Waals surface area contributed by atoms with Crippen LogP contribution in [0, 0.1) is 0 Å². The molecule has 6 heteroatoms. The van der Waals surface area contributed by atoms with Crippen molar-refractivity contribution in [3.8, 4) is 0 Å². The second-order valence-corrected chi connectivity index (χ2v) is 6.89. The van der Waals surface area contributed by atoms with Crippen LogP contribution < -0.4 is 5.32 Å². The number of fused-ring (bicyclic) bond motifs is 1. The zero-order chi connectivity index (χ0) is 19.6. The molecule has 5 rings (SSSR count). The Hall–Kier alpha value is -3.80. The Morgan fingerprint density at radius 1 is 1.07 bits per heavy atom. The van der Waals surface area contributed by atoms with Gasteiger partial charge >= 0.3 is 0 Å². The van der Waals surface area contributed by atoms with Crippen LogP contribution >= 0.6 is 0 Å². The van der Waals surface area contributed by atoms with Gasteiger partial charge in [0.1, 0.15) is 23.1 Å². The van der Waals surface area contributed by atoms with Crippen LogP contribution in [0.25, 0.3) is 11.0 Å². The molecule has 0 fully saturated rings. The molecule has 0 saturated heterocycles. The van der Waals surface area contributed by atoms with Crippen molar-refractivity contribution in [2.75, 3.05) is 11.9 Å². The highest BCUT2D eigenvalue weighted by Gasteiger charge is 2.35. The lowest BCUT2D eigenvalue weighted by molar-refractivity contribution is -0.131. The van der Waals surface area contributed by atoms with E-state index in [-0.39, 0.29) is 18.5 Å². The molecule has 1 aliphatic heterocycles. The first-order valence-corrected chi connectivity index (χ1v) is 9.49. The van der Waals surface area contributed by atoms with Gasteiger partial charge in [0.05, 0.1) is 12.8 Å². The predicted octanol–water partition coefficient (Wildman–Crippen LogP) is 4.82. The molecule has 3 heterocycles. The van der Waals surface area contributed by atoms with Gasteiger partial charge in [0, 0.05) is 17.5 Å². The lowest BCUT2D eigenvalue weighted by atomic mass is 10.1. The summed E-state index contributed by atoms with van der Waals surface area (Å²) in [5.74, 6) is 1.24. The lowest BCUT2D eigenvalue weighted by Gasteiger charge is -2.20. The van der Waals surface area contributed by atoms with E-state index >= 15 is 0 Å². The van der Waals surface area contributed by atoms with Gasteiger partial charge in [-0.15, -0.1) is 0 Å². The number of hydrogen-bond acceptors (Lipinski definition) is 5. The van der Waals surface area contributed by atoms with Crippen molar-refractivity contribution in [3.63, 3.8) is 0 Å². The summed E-state index contributed by atoms with van der Waals surface area (Å²) < 4.78 is 11.5. The van der Waals surface area contributed by atoms with Crippen LogP contribution in [-0.4, -0.2) is 23.2 Å². The molecule has 1 unspecified atom stereocenters. The Morgan fingerprint density at radius 3 is 2.69 bits per heavy atom. The molecule has 0 radical (unpaired) electrons. The fourth-order valence-corrected chi connectivity index (χ4v) is 3.53. The average Bonchev–Trinajstić information content (AvgIpc) is 3.51. The molecule has 0 aliphatic carbocycles. The topological polar surface area (TPSA) is 71.0 Å². The van der Waals surface area contributed by atoms with E-state index in [2.05, 4.69) is 10.4 Å². The van der Waals surface area contributed by atoms with Crippen molar-refractivity contribution in [3.05, 3.63) is 90.6 Å². The Balaban J connectivity index is 1.42. The summed E-state index contributed by atoms with van der Waals surface area (Å²) in [6.45, 7) is 0.137. The van der Waals surface area contributed by atoms with E-state index in [1.54, 1.807) is 6.26 Å². The zero-order valence-corrected chi connectivity index (χ0v) is 15.6. The number of rotatable bonds is 5. The largest absolute Gasteiger partial charge is 0.467 e. The molecule has 6 nitrogen and oxygen atoms in total. The number of carbonyl (C=O) groups excluding carboxylic acids is 1. The summed E-state index contributed by atoms with van der Waals surface area (Å²) >= 11 is 0. The number of nitrogens with zero attached hydrogens (tertiary/aromatic N) is 2. The van der Waals surface area contributed by atoms with Gasteiger partial charge in [0.15, 0.2) is 5.76 Å². The van der Waals surface area contributed by atoms with Gasteiger partial charge in [0.2, 0.25) is 0 Å². The second kappa shape index (κ2) is 7.31. The van der Waals surface area contributed by atoms with Crippen molar-refractivity contribution < 1.29 is 13.6 Å². The highest BCUT2D eigenvalue weighted by molar-refractivity contribution is 6.03. The molecule has 0 saturated carbocycles. The van der Waals surface area contributed by atoms with Crippen molar-refractivity contribution in [1.29, 1.82) is 0 Å². The molecule has 1 aliphatic rings. The number of hydrogen-bond donors (Lipinski definition) is 1. The monoisotopic (exact) mass is 385 g/mol. The maximum absolute atomic E-state index is 13.0. The Kier molecular flexibility index (Phi) is 4.37.